The third-order valence-electron chi connectivity index (χ3n) is 4.14. The minimum absolute atomic E-state index is 0.363. The highest BCUT2D eigenvalue weighted by atomic mass is 32.2. The van der Waals surface area contributed by atoms with Crippen LogP contribution in [0.1, 0.15) is 20.3 Å². The van der Waals surface area contributed by atoms with Crippen LogP contribution in [0.2, 0.25) is 0 Å². The van der Waals surface area contributed by atoms with Crippen LogP contribution < -0.4 is 5.32 Å². The van der Waals surface area contributed by atoms with Crippen molar-refractivity contribution in [3.63, 3.8) is 0 Å². The summed E-state index contributed by atoms with van der Waals surface area (Å²) in [5, 5.41) is 12.9. The predicted octanol–water partition coefficient (Wildman–Crippen LogP) is -0.526. The van der Waals surface area contributed by atoms with Crippen LogP contribution >= 0.6 is 0 Å². The normalized spacial score (nSPS) is 37.9. The first-order chi connectivity index (χ1) is 8.82. The highest BCUT2D eigenvalue weighted by Gasteiger charge is 2.39. The Morgan fingerprint density at radius 3 is 2.26 bits per heavy atom. The van der Waals surface area contributed by atoms with Gasteiger partial charge in [-0.15, -0.1) is 0 Å². The lowest BCUT2D eigenvalue weighted by atomic mass is 9.94. The number of aliphatic hydroxyl groups is 1. The maximum atomic E-state index is 12.6. The first-order valence-corrected chi connectivity index (χ1v) is 8.34. The van der Waals surface area contributed by atoms with E-state index >= 15 is 0 Å². The number of likely N-dealkylation sites (N-methyl/N-ethyl adjacent to an activating group) is 1. The molecule has 2 rings (SSSR count). The molecule has 0 aromatic rings. The number of rotatable bonds is 3. The van der Waals surface area contributed by atoms with E-state index in [1.165, 1.54) is 4.31 Å². The third kappa shape index (κ3) is 3.11. The highest BCUT2D eigenvalue weighted by Crippen LogP contribution is 2.25. The molecule has 0 amide bonds. The summed E-state index contributed by atoms with van der Waals surface area (Å²) in [6, 6.07) is -0.363. The van der Waals surface area contributed by atoms with Gasteiger partial charge < -0.3 is 10.4 Å². The molecule has 0 bridgehead atoms. The standard InChI is InChI=1S/C12H25N3O3S/c1-9-4-10(2)8-15(7-9)19(17,18)14(3)11-5-13-6-12(11)16/h9-13,16H,4-8H2,1-3H3/t9?,10?,11-,12-/m0/s1. The fraction of sp³-hybridized carbons (Fsp3) is 1.00. The Hall–Kier alpha value is -0.210. The average molecular weight is 291 g/mol. The van der Waals surface area contributed by atoms with Crippen molar-refractivity contribution in [1.82, 2.24) is 13.9 Å². The van der Waals surface area contributed by atoms with E-state index in [2.05, 4.69) is 19.2 Å². The van der Waals surface area contributed by atoms with Crippen LogP contribution in [0.25, 0.3) is 0 Å². The van der Waals surface area contributed by atoms with Gasteiger partial charge in [0.2, 0.25) is 0 Å². The van der Waals surface area contributed by atoms with E-state index in [-0.39, 0.29) is 6.04 Å². The van der Waals surface area contributed by atoms with Crippen molar-refractivity contribution in [2.45, 2.75) is 32.4 Å². The molecular weight excluding hydrogens is 266 g/mol. The Morgan fingerprint density at radius 2 is 1.79 bits per heavy atom. The largest absolute Gasteiger partial charge is 0.390 e. The van der Waals surface area contributed by atoms with Crippen molar-refractivity contribution in [2.24, 2.45) is 11.8 Å². The van der Waals surface area contributed by atoms with Crippen molar-refractivity contribution in [3.05, 3.63) is 0 Å². The van der Waals surface area contributed by atoms with Crippen molar-refractivity contribution >= 4 is 10.2 Å². The number of β-amino-alcohol motifs (C(OH)–C–C–N with tert-alkyl or cyclic N) is 1. The number of hydrogen-bond donors (Lipinski definition) is 2. The molecule has 2 saturated heterocycles. The molecule has 2 aliphatic rings. The van der Waals surface area contributed by atoms with Crippen molar-refractivity contribution < 1.29 is 13.5 Å². The molecule has 2 N–H and O–H groups in total. The van der Waals surface area contributed by atoms with Gasteiger partial charge in [-0.2, -0.15) is 17.0 Å². The molecule has 0 aromatic carbocycles. The Labute approximate surface area is 116 Å². The van der Waals surface area contributed by atoms with Crippen LogP contribution in [0, 0.1) is 11.8 Å². The van der Waals surface area contributed by atoms with Gasteiger partial charge in [0.05, 0.1) is 12.1 Å². The van der Waals surface area contributed by atoms with Crippen molar-refractivity contribution in [3.8, 4) is 0 Å². The lowest BCUT2D eigenvalue weighted by Gasteiger charge is -2.38. The molecular formula is C12H25N3O3S. The Balaban J connectivity index is 2.12. The van der Waals surface area contributed by atoms with Crippen LogP contribution in [0.5, 0.6) is 0 Å². The van der Waals surface area contributed by atoms with Gasteiger partial charge >= 0.3 is 0 Å². The highest BCUT2D eigenvalue weighted by molar-refractivity contribution is 7.86. The minimum atomic E-state index is -3.48. The van der Waals surface area contributed by atoms with Crippen molar-refractivity contribution in [2.75, 3.05) is 33.2 Å². The summed E-state index contributed by atoms with van der Waals surface area (Å²) in [4.78, 5) is 0. The topological polar surface area (TPSA) is 72.9 Å². The fourth-order valence-corrected chi connectivity index (χ4v) is 4.98. The molecule has 112 valence electrons. The molecule has 7 heteroatoms. The van der Waals surface area contributed by atoms with Gasteiger partial charge in [-0.3, -0.25) is 0 Å². The van der Waals surface area contributed by atoms with Gasteiger partial charge in [0.25, 0.3) is 10.2 Å². The van der Waals surface area contributed by atoms with E-state index < -0.39 is 16.3 Å². The lowest BCUT2D eigenvalue weighted by Crippen LogP contribution is -2.53. The van der Waals surface area contributed by atoms with Gasteiger partial charge in [-0.1, -0.05) is 13.8 Å². The van der Waals surface area contributed by atoms with E-state index in [1.807, 2.05) is 0 Å². The molecule has 2 aliphatic heterocycles. The van der Waals surface area contributed by atoms with Crippen LogP contribution in [0.3, 0.4) is 0 Å². The zero-order chi connectivity index (χ0) is 14.2. The van der Waals surface area contributed by atoms with Gasteiger partial charge in [0, 0.05) is 33.2 Å². The number of aliphatic hydroxyl groups excluding tert-OH is 1. The summed E-state index contributed by atoms with van der Waals surface area (Å²) in [6.07, 6.45) is 0.447. The van der Waals surface area contributed by atoms with Crippen LogP contribution in [-0.4, -0.2) is 67.5 Å². The Kier molecular flexibility index (Phi) is 4.52. The summed E-state index contributed by atoms with van der Waals surface area (Å²) in [5.41, 5.74) is 0. The van der Waals surface area contributed by atoms with E-state index in [9.17, 15) is 13.5 Å². The second-order valence-electron chi connectivity index (χ2n) is 6.08. The van der Waals surface area contributed by atoms with Gasteiger partial charge in [0.15, 0.2) is 0 Å². The first-order valence-electron chi connectivity index (χ1n) is 6.94. The Morgan fingerprint density at radius 1 is 1.21 bits per heavy atom. The average Bonchev–Trinajstić information content (AvgIpc) is 2.73. The van der Waals surface area contributed by atoms with Crippen LogP contribution in [0.15, 0.2) is 0 Å². The zero-order valence-electron chi connectivity index (χ0n) is 11.9. The third-order valence-corrected chi connectivity index (χ3v) is 6.09. The van der Waals surface area contributed by atoms with E-state index in [0.29, 0.717) is 38.0 Å². The van der Waals surface area contributed by atoms with Crippen LogP contribution in [0.4, 0.5) is 0 Å². The number of hydrogen-bond acceptors (Lipinski definition) is 4. The summed E-state index contributed by atoms with van der Waals surface area (Å²) >= 11 is 0. The summed E-state index contributed by atoms with van der Waals surface area (Å²) in [7, 11) is -1.91. The molecule has 19 heavy (non-hydrogen) atoms. The molecule has 0 saturated carbocycles. The molecule has 0 radical (unpaired) electrons. The van der Waals surface area contributed by atoms with Gasteiger partial charge in [-0.25, -0.2) is 0 Å². The monoisotopic (exact) mass is 291 g/mol. The van der Waals surface area contributed by atoms with Crippen molar-refractivity contribution in [1.29, 1.82) is 0 Å². The van der Waals surface area contributed by atoms with Gasteiger partial charge in [-0.05, 0) is 18.3 Å². The van der Waals surface area contributed by atoms with E-state index in [4.69, 9.17) is 0 Å². The summed E-state index contributed by atoms with van der Waals surface area (Å²) in [5.74, 6) is 0.775. The zero-order valence-corrected chi connectivity index (χ0v) is 12.7. The molecule has 2 fully saturated rings. The maximum absolute atomic E-state index is 12.6. The molecule has 2 heterocycles. The maximum Gasteiger partial charge on any atom is 0.282 e. The van der Waals surface area contributed by atoms with Crippen LogP contribution in [-0.2, 0) is 10.2 Å². The van der Waals surface area contributed by atoms with Gasteiger partial charge in [0.1, 0.15) is 0 Å². The number of nitrogens with zero attached hydrogens (tertiary/aromatic N) is 2. The quantitative estimate of drug-likeness (QED) is 0.733. The number of nitrogens with one attached hydrogen (secondary N) is 1. The first kappa shape index (κ1) is 15.2. The molecule has 0 aromatic heterocycles. The molecule has 4 atom stereocenters. The molecule has 0 spiro atoms. The SMILES string of the molecule is CC1CC(C)CN(S(=O)(=O)N(C)[C@H]2CNC[C@@H]2O)C1. The Bertz CT molecular complexity index is 396. The van der Waals surface area contributed by atoms with E-state index in [0.717, 1.165) is 6.42 Å². The second-order valence-corrected chi connectivity index (χ2v) is 8.07. The van der Waals surface area contributed by atoms with E-state index in [1.54, 1.807) is 11.4 Å². The lowest BCUT2D eigenvalue weighted by molar-refractivity contribution is 0.128. The minimum Gasteiger partial charge on any atom is -0.390 e. The molecule has 6 nitrogen and oxygen atoms in total. The predicted molar refractivity (Wildman–Crippen MR) is 73.9 cm³/mol. The fourth-order valence-electron chi connectivity index (χ4n) is 3.17. The second kappa shape index (κ2) is 5.65. The molecule has 2 unspecified atom stereocenters. The number of piperidine rings is 1. The molecule has 0 aliphatic carbocycles. The summed E-state index contributed by atoms with van der Waals surface area (Å²) in [6.45, 7) is 6.29. The summed E-state index contributed by atoms with van der Waals surface area (Å²) < 4.78 is 28.1. The smallest absolute Gasteiger partial charge is 0.282 e.